The summed E-state index contributed by atoms with van der Waals surface area (Å²) >= 11 is 6.07. The molecule has 4 rings (SSSR count). The highest BCUT2D eigenvalue weighted by Crippen LogP contribution is 2.48. The van der Waals surface area contributed by atoms with Crippen LogP contribution in [0.15, 0.2) is 24.3 Å². The molecule has 2 saturated heterocycles. The van der Waals surface area contributed by atoms with E-state index in [4.69, 9.17) is 16.3 Å². The summed E-state index contributed by atoms with van der Waals surface area (Å²) in [5, 5.41) is 0.720. The fourth-order valence-electron chi connectivity index (χ4n) is 4.03. The number of rotatable bonds is 4. The summed E-state index contributed by atoms with van der Waals surface area (Å²) in [6.07, 6.45) is 0.898. The van der Waals surface area contributed by atoms with Crippen LogP contribution in [0.2, 0.25) is 5.02 Å². The van der Waals surface area contributed by atoms with Gasteiger partial charge in [0, 0.05) is 50.2 Å². The Hall–Kier alpha value is -1.63. The van der Waals surface area contributed by atoms with E-state index in [-0.39, 0.29) is 23.7 Å². The number of ether oxygens (including phenoxy) is 1. The van der Waals surface area contributed by atoms with Crippen LogP contribution in [-0.2, 0) is 14.3 Å². The summed E-state index contributed by atoms with van der Waals surface area (Å²) in [5.41, 5.74) is 1.15. The smallest absolute Gasteiger partial charge is 0.236 e. The van der Waals surface area contributed by atoms with E-state index >= 15 is 0 Å². The van der Waals surface area contributed by atoms with Crippen LogP contribution in [0.1, 0.15) is 17.9 Å². The van der Waals surface area contributed by atoms with Gasteiger partial charge >= 0.3 is 0 Å². The molecule has 3 aliphatic rings. The third-order valence-electron chi connectivity index (χ3n) is 5.79. The Morgan fingerprint density at radius 3 is 2.44 bits per heavy atom. The number of piperazine rings is 1. The van der Waals surface area contributed by atoms with Gasteiger partial charge < -0.3 is 14.5 Å². The van der Waals surface area contributed by atoms with Gasteiger partial charge in [0.2, 0.25) is 11.8 Å². The molecule has 1 saturated carbocycles. The Bertz CT molecular complexity index is 699. The highest BCUT2D eigenvalue weighted by Gasteiger charge is 2.46. The summed E-state index contributed by atoms with van der Waals surface area (Å²) < 4.78 is 5.32. The number of amides is 2. The average molecular weight is 392 g/mol. The molecule has 2 aliphatic heterocycles. The molecule has 2 heterocycles. The van der Waals surface area contributed by atoms with Gasteiger partial charge in [-0.3, -0.25) is 14.5 Å². The molecule has 0 spiro atoms. The first kappa shape index (κ1) is 18.7. The molecular weight excluding hydrogens is 366 g/mol. The van der Waals surface area contributed by atoms with Gasteiger partial charge in [-0.2, -0.15) is 0 Å². The minimum atomic E-state index is 0.0686. The van der Waals surface area contributed by atoms with Crippen molar-refractivity contribution in [3.05, 3.63) is 34.9 Å². The van der Waals surface area contributed by atoms with Crippen molar-refractivity contribution in [1.82, 2.24) is 14.7 Å². The first-order valence-corrected chi connectivity index (χ1v) is 10.1. The number of morpholine rings is 1. The minimum absolute atomic E-state index is 0.0686. The Labute approximate surface area is 165 Å². The molecule has 0 bridgehead atoms. The summed E-state index contributed by atoms with van der Waals surface area (Å²) in [6.45, 7) is 6.01. The maximum Gasteiger partial charge on any atom is 0.236 e. The SMILES string of the molecule is O=C(CN1CCOCC1)N1CCN(C(=O)C2CC2c2cccc(Cl)c2)CC1. The zero-order chi connectivity index (χ0) is 18.8. The number of hydrogen-bond donors (Lipinski definition) is 0. The van der Waals surface area contributed by atoms with Gasteiger partial charge in [-0.25, -0.2) is 0 Å². The predicted octanol–water partition coefficient (Wildman–Crippen LogP) is 1.45. The van der Waals surface area contributed by atoms with E-state index in [9.17, 15) is 9.59 Å². The van der Waals surface area contributed by atoms with Crippen molar-refractivity contribution < 1.29 is 14.3 Å². The fraction of sp³-hybridized carbons (Fsp3) is 0.600. The van der Waals surface area contributed by atoms with Gasteiger partial charge in [0.1, 0.15) is 0 Å². The van der Waals surface area contributed by atoms with Crippen molar-refractivity contribution in [2.75, 3.05) is 59.0 Å². The van der Waals surface area contributed by atoms with Gasteiger partial charge in [-0.1, -0.05) is 23.7 Å². The van der Waals surface area contributed by atoms with E-state index in [1.54, 1.807) is 0 Å². The molecule has 6 nitrogen and oxygen atoms in total. The lowest BCUT2D eigenvalue weighted by molar-refractivity contribution is -0.141. The van der Waals surface area contributed by atoms with E-state index in [2.05, 4.69) is 4.90 Å². The zero-order valence-electron chi connectivity index (χ0n) is 15.5. The van der Waals surface area contributed by atoms with Gasteiger partial charge in [0.15, 0.2) is 0 Å². The second-order valence-electron chi connectivity index (χ2n) is 7.60. The van der Waals surface area contributed by atoms with E-state index in [0.29, 0.717) is 45.9 Å². The van der Waals surface area contributed by atoms with Crippen LogP contribution in [0.25, 0.3) is 0 Å². The van der Waals surface area contributed by atoms with Crippen LogP contribution >= 0.6 is 11.6 Å². The number of hydrogen-bond acceptors (Lipinski definition) is 4. The summed E-state index contributed by atoms with van der Waals surface area (Å²) in [7, 11) is 0. The van der Waals surface area contributed by atoms with E-state index in [1.165, 1.54) is 0 Å². The third-order valence-corrected chi connectivity index (χ3v) is 6.03. The standard InChI is InChI=1S/C20H26ClN3O3/c21-16-3-1-2-15(12-16)17-13-18(17)20(26)24-6-4-23(5-7-24)19(25)14-22-8-10-27-11-9-22/h1-3,12,17-18H,4-11,13-14H2. The van der Waals surface area contributed by atoms with Crippen molar-refractivity contribution >= 4 is 23.4 Å². The molecule has 2 atom stereocenters. The summed E-state index contributed by atoms with van der Waals surface area (Å²) in [6, 6.07) is 7.81. The quantitative estimate of drug-likeness (QED) is 0.779. The third kappa shape index (κ3) is 4.45. The monoisotopic (exact) mass is 391 g/mol. The van der Waals surface area contributed by atoms with E-state index in [0.717, 1.165) is 30.1 Å². The number of carbonyl (C=O) groups is 2. The first-order valence-electron chi connectivity index (χ1n) is 9.74. The largest absolute Gasteiger partial charge is 0.379 e. The Balaban J connectivity index is 1.24. The van der Waals surface area contributed by atoms with E-state index in [1.807, 2.05) is 34.1 Å². The highest BCUT2D eigenvalue weighted by atomic mass is 35.5. The lowest BCUT2D eigenvalue weighted by Gasteiger charge is -2.36. The van der Waals surface area contributed by atoms with Crippen LogP contribution < -0.4 is 0 Å². The highest BCUT2D eigenvalue weighted by molar-refractivity contribution is 6.30. The van der Waals surface area contributed by atoms with Crippen molar-refractivity contribution in [1.29, 1.82) is 0 Å². The number of halogens is 1. The summed E-state index contributed by atoms with van der Waals surface area (Å²) in [4.78, 5) is 31.2. The minimum Gasteiger partial charge on any atom is -0.379 e. The van der Waals surface area contributed by atoms with Crippen molar-refractivity contribution in [3.63, 3.8) is 0 Å². The lowest BCUT2D eigenvalue weighted by Crippen LogP contribution is -2.53. The second kappa shape index (κ2) is 8.17. The van der Waals surface area contributed by atoms with Crippen LogP contribution in [-0.4, -0.2) is 85.5 Å². The van der Waals surface area contributed by atoms with Gasteiger partial charge in [0.05, 0.1) is 19.8 Å². The molecule has 2 unspecified atom stereocenters. The number of carbonyl (C=O) groups excluding carboxylic acids is 2. The Kier molecular flexibility index (Phi) is 5.66. The van der Waals surface area contributed by atoms with Gasteiger partial charge in [0.25, 0.3) is 0 Å². The van der Waals surface area contributed by atoms with Crippen molar-refractivity contribution in [3.8, 4) is 0 Å². The first-order chi connectivity index (χ1) is 13.1. The van der Waals surface area contributed by atoms with Crippen LogP contribution in [0.4, 0.5) is 0 Å². The van der Waals surface area contributed by atoms with Crippen LogP contribution in [0.3, 0.4) is 0 Å². The molecule has 1 aromatic carbocycles. The molecule has 0 N–H and O–H groups in total. The molecule has 146 valence electrons. The molecule has 27 heavy (non-hydrogen) atoms. The Morgan fingerprint density at radius 1 is 1.04 bits per heavy atom. The fourth-order valence-corrected chi connectivity index (χ4v) is 4.23. The molecule has 3 fully saturated rings. The van der Waals surface area contributed by atoms with Gasteiger partial charge in [-0.15, -0.1) is 0 Å². The molecule has 7 heteroatoms. The average Bonchev–Trinajstić information content (AvgIpc) is 3.49. The van der Waals surface area contributed by atoms with Crippen molar-refractivity contribution in [2.24, 2.45) is 5.92 Å². The molecule has 0 radical (unpaired) electrons. The van der Waals surface area contributed by atoms with Crippen LogP contribution in [0, 0.1) is 5.92 Å². The Morgan fingerprint density at radius 2 is 1.74 bits per heavy atom. The molecule has 1 aromatic rings. The normalized spacial score (nSPS) is 26.1. The maximum absolute atomic E-state index is 12.8. The maximum atomic E-state index is 12.8. The zero-order valence-corrected chi connectivity index (χ0v) is 16.2. The summed E-state index contributed by atoms with van der Waals surface area (Å²) in [5.74, 6) is 0.740. The lowest BCUT2D eigenvalue weighted by atomic mass is 10.1. The number of nitrogens with zero attached hydrogens (tertiary/aromatic N) is 3. The van der Waals surface area contributed by atoms with Gasteiger partial charge in [-0.05, 0) is 30.0 Å². The number of benzene rings is 1. The molecule has 0 aromatic heterocycles. The molecular formula is C20H26ClN3O3. The predicted molar refractivity (Wildman–Crippen MR) is 103 cm³/mol. The molecule has 2 amide bonds. The second-order valence-corrected chi connectivity index (χ2v) is 8.03. The van der Waals surface area contributed by atoms with Crippen LogP contribution in [0.5, 0.6) is 0 Å². The molecule has 1 aliphatic carbocycles. The topological polar surface area (TPSA) is 53.1 Å². The van der Waals surface area contributed by atoms with Crippen molar-refractivity contribution in [2.45, 2.75) is 12.3 Å². The van der Waals surface area contributed by atoms with E-state index < -0.39 is 0 Å².